The number of ether oxygens (including phenoxy) is 8. The van der Waals surface area contributed by atoms with Gasteiger partial charge in [-0.2, -0.15) is 0 Å². The number of hydrogen-bond donors (Lipinski definition) is 1. The van der Waals surface area contributed by atoms with E-state index in [0.717, 1.165) is 5.56 Å². The van der Waals surface area contributed by atoms with Crippen LogP contribution in [0.4, 0.5) is 0 Å². The molecule has 0 bridgehead atoms. The van der Waals surface area contributed by atoms with Crippen LogP contribution in [0.2, 0.25) is 0 Å². The van der Waals surface area contributed by atoms with E-state index in [1.54, 1.807) is 23.1 Å². The SMILES string of the molecule is COC(=O)c1ccc([C@H]2C=C(C(=O)N3CCOCCOCCOCCOCC3)O[C@@H](OCCOCCO)C2)cc1. The first-order chi connectivity index (χ1) is 19.6. The van der Waals surface area contributed by atoms with Gasteiger partial charge in [-0.3, -0.25) is 4.79 Å². The average Bonchev–Trinajstić information content (AvgIpc) is 3.00. The van der Waals surface area contributed by atoms with Crippen molar-refractivity contribution in [1.29, 1.82) is 0 Å². The van der Waals surface area contributed by atoms with Crippen molar-refractivity contribution in [2.24, 2.45) is 0 Å². The number of allylic oxidation sites excluding steroid dienone is 1. The number of benzene rings is 1. The third kappa shape index (κ3) is 11.1. The van der Waals surface area contributed by atoms with E-state index in [1.807, 2.05) is 12.1 Å². The molecule has 1 saturated heterocycles. The molecule has 2 aliphatic rings. The molecule has 0 radical (unpaired) electrons. The molecule has 2 heterocycles. The van der Waals surface area contributed by atoms with Crippen LogP contribution < -0.4 is 0 Å². The number of nitrogens with zero attached hydrogens (tertiary/aromatic N) is 1. The quantitative estimate of drug-likeness (QED) is 0.340. The summed E-state index contributed by atoms with van der Waals surface area (Å²) in [4.78, 5) is 27.2. The Morgan fingerprint density at radius 3 is 2.05 bits per heavy atom. The maximum absolute atomic E-state index is 13.7. The summed E-state index contributed by atoms with van der Waals surface area (Å²) < 4.78 is 44.2. The van der Waals surface area contributed by atoms with Crippen molar-refractivity contribution in [3.63, 3.8) is 0 Å². The number of amides is 1. The van der Waals surface area contributed by atoms with E-state index in [-0.39, 0.29) is 44.0 Å². The Hall–Kier alpha value is -2.58. The van der Waals surface area contributed by atoms with Crippen LogP contribution in [0.1, 0.15) is 28.3 Å². The number of carbonyl (C=O) groups excluding carboxylic acids is 2. The monoisotopic (exact) mass is 567 g/mol. The average molecular weight is 568 g/mol. The molecule has 1 fully saturated rings. The van der Waals surface area contributed by atoms with Crippen molar-refractivity contribution in [2.45, 2.75) is 18.6 Å². The Kier molecular flexibility index (Phi) is 14.9. The van der Waals surface area contributed by atoms with E-state index in [1.165, 1.54) is 7.11 Å². The molecule has 0 aliphatic carbocycles. The van der Waals surface area contributed by atoms with E-state index in [2.05, 4.69) is 0 Å². The highest BCUT2D eigenvalue weighted by molar-refractivity contribution is 5.92. The van der Waals surface area contributed by atoms with Gasteiger partial charge in [0.2, 0.25) is 6.29 Å². The highest BCUT2D eigenvalue weighted by Gasteiger charge is 2.31. The molecule has 12 heteroatoms. The zero-order valence-electron chi connectivity index (χ0n) is 23.1. The summed E-state index contributed by atoms with van der Waals surface area (Å²) in [6.07, 6.45) is 1.55. The van der Waals surface area contributed by atoms with Crippen LogP contribution in [0, 0.1) is 0 Å². The van der Waals surface area contributed by atoms with Gasteiger partial charge in [0, 0.05) is 25.4 Å². The summed E-state index contributed by atoms with van der Waals surface area (Å²) in [7, 11) is 1.33. The zero-order valence-corrected chi connectivity index (χ0v) is 23.1. The Labute approximate surface area is 235 Å². The Balaban J connectivity index is 1.72. The first-order valence-electron chi connectivity index (χ1n) is 13.6. The molecule has 12 nitrogen and oxygen atoms in total. The molecule has 0 unspecified atom stereocenters. The normalized spacial score (nSPS) is 21.9. The fraction of sp³-hybridized carbons (Fsp3) is 0.643. The standard InChI is InChI=1S/C28H41NO11/c1-33-28(32)23-4-2-22(3-5-23)24-20-25(40-26(21-24)39-19-18-36-11-8-30)27(31)29-6-9-34-12-14-37-16-17-38-15-13-35-10-7-29/h2-5,20,24,26,30H,6-19,21H2,1H3/t24-,26+/m0/s1. The lowest BCUT2D eigenvalue weighted by Gasteiger charge is -2.32. The van der Waals surface area contributed by atoms with E-state index in [0.29, 0.717) is 77.9 Å². The Bertz CT molecular complexity index is 892. The van der Waals surface area contributed by atoms with Crippen molar-refractivity contribution in [2.75, 3.05) is 99.5 Å². The van der Waals surface area contributed by atoms with E-state index in [4.69, 9.17) is 43.0 Å². The van der Waals surface area contributed by atoms with Crippen molar-refractivity contribution in [1.82, 2.24) is 4.90 Å². The summed E-state index contributed by atoms with van der Waals surface area (Å²) in [5.41, 5.74) is 1.33. The lowest BCUT2D eigenvalue weighted by atomic mass is 9.92. The Morgan fingerprint density at radius 1 is 0.875 bits per heavy atom. The lowest BCUT2D eigenvalue weighted by molar-refractivity contribution is -0.157. The van der Waals surface area contributed by atoms with Gasteiger partial charge in [-0.05, 0) is 23.8 Å². The molecule has 0 spiro atoms. The van der Waals surface area contributed by atoms with Gasteiger partial charge in [0.05, 0.1) is 92.0 Å². The van der Waals surface area contributed by atoms with Gasteiger partial charge in [-0.15, -0.1) is 0 Å². The number of aliphatic hydroxyl groups is 1. The minimum absolute atomic E-state index is 0.0751. The highest BCUT2D eigenvalue weighted by Crippen LogP contribution is 2.32. The number of rotatable bonds is 9. The molecule has 2 aliphatic heterocycles. The van der Waals surface area contributed by atoms with Crippen LogP contribution in [-0.4, -0.2) is 128 Å². The van der Waals surface area contributed by atoms with Gasteiger partial charge in [0.25, 0.3) is 5.91 Å². The van der Waals surface area contributed by atoms with Gasteiger partial charge in [0.1, 0.15) is 0 Å². The third-order valence-corrected chi connectivity index (χ3v) is 6.21. The summed E-state index contributed by atoms with van der Waals surface area (Å²) in [5, 5.41) is 8.90. The minimum atomic E-state index is -0.697. The molecular weight excluding hydrogens is 526 g/mol. The van der Waals surface area contributed by atoms with Crippen molar-refractivity contribution in [3.8, 4) is 0 Å². The highest BCUT2D eigenvalue weighted by atomic mass is 16.7. The van der Waals surface area contributed by atoms with Crippen LogP contribution in [0.5, 0.6) is 0 Å². The molecule has 0 aromatic heterocycles. The smallest absolute Gasteiger partial charge is 0.337 e. The number of esters is 1. The maximum atomic E-state index is 13.7. The molecule has 3 rings (SSSR count). The van der Waals surface area contributed by atoms with Crippen molar-refractivity contribution in [3.05, 3.63) is 47.2 Å². The first-order valence-corrected chi connectivity index (χ1v) is 13.6. The van der Waals surface area contributed by atoms with Crippen molar-refractivity contribution < 1.29 is 52.6 Å². The van der Waals surface area contributed by atoms with Gasteiger partial charge in [-0.1, -0.05) is 12.1 Å². The van der Waals surface area contributed by atoms with Crippen LogP contribution in [0.15, 0.2) is 36.1 Å². The molecule has 1 amide bonds. The van der Waals surface area contributed by atoms with E-state index in [9.17, 15) is 9.59 Å². The molecular formula is C28H41NO11. The Morgan fingerprint density at radius 2 is 1.48 bits per heavy atom. The fourth-order valence-corrected chi connectivity index (χ4v) is 4.11. The van der Waals surface area contributed by atoms with Gasteiger partial charge in [0.15, 0.2) is 5.76 Å². The fourth-order valence-electron chi connectivity index (χ4n) is 4.11. The van der Waals surface area contributed by atoms with E-state index >= 15 is 0 Å². The summed E-state index contributed by atoms with van der Waals surface area (Å²) >= 11 is 0. The van der Waals surface area contributed by atoms with Gasteiger partial charge < -0.3 is 47.9 Å². The zero-order chi connectivity index (χ0) is 28.4. The topological polar surface area (TPSA) is 131 Å². The second-order valence-electron chi connectivity index (χ2n) is 8.98. The summed E-state index contributed by atoms with van der Waals surface area (Å²) in [6, 6.07) is 7.04. The predicted molar refractivity (Wildman–Crippen MR) is 142 cm³/mol. The minimum Gasteiger partial charge on any atom is -0.465 e. The van der Waals surface area contributed by atoms with Gasteiger partial charge in [-0.25, -0.2) is 4.79 Å². The van der Waals surface area contributed by atoms with Crippen LogP contribution in [0.25, 0.3) is 0 Å². The van der Waals surface area contributed by atoms with Crippen molar-refractivity contribution >= 4 is 11.9 Å². The second-order valence-corrected chi connectivity index (χ2v) is 8.98. The molecule has 0 saturated carbocycles. The van der Waals surface area contributed by atoms with Crippen LogP contribution in [0.3, 0.4) is 0 Å². The molecule has 1 aromatic rings. The predicted octanol–water partition coefficient (Wildman–Crippen LogP) is 1.12. The number of hydrogen-bond acceptors (Lipinski definition) is 11. The maximum Gasteiger partial charge on any atom is 0.337 e. The largest absolute Gasteiger partial charge is 0.465 e. The van der Waals surface area contributed by atoms with Crippen LogP contribution >= 0.6 is 0 Å². The summed E-state index contributed by atoms with van der Waals surface area (Å²) in [6.45, 7) is 4.70. The molecule has 1 aromatic carbocycles. The van der Waals surface area contributed by atoms with Crippen LogP contribution in [-0.2, 0) is 42.7 Å². The third-order valence-electron chi connectivity index (χ3n) is 6.21. The number of methoxy groups -OCH3 is 1. The number of aliphatic hydroxyl groups excluding tert-OH is 1. The van der Waals surface area contributed by atoms with E-state index < -0.39 is 12.3 Å². The molecule has 224 valence electrons. The second kappa shape index (κ2) is 18.7. The molecule has 2 atom stereocenters. The summed E-state index contributed by atoms with van der Waals surface area (Å²) in [5.74, 6) is -0.758. The molecule has 40 heavy (non-hydrogen) atoms. The van der Waals surface area contributed by atoms with Gasteiger partial charge >= 0.3 is 5.97 Å². The first kappa shape index (κ1) is 31.9. The lowest BCUT2D eigenvalue weighted by Crippen LogP contribution is -2.40. The molecule has 1 N–H and O–H groups in total. The number of carbonyl (C=O) groups is 2.